The van der Waals surface area contributed by atoms with Crippen LogP contribution in [-0.2, 0) is 16.1 Å². The Kier molecular flexibility index (Phi) is 4.15. The third-order valence-corrected chi connectivity index (χ3v) is 4.14. The fourth-order valence-corrected chi connectivity index (χ4v) is 2.89. The zero-order chi connectivity index (χ0) is 16.4. The molecule has 118 valence electrons. The van der Waals surface area contributed by atoms with Gasteiger partial charge in [-0.25, -0.2) is 0 Å². The monoisotopic (exact) mass is 308 g/mol. The van der Waals surface area contributed by atoms with Gasteiger partial charge in [-0.3, -0.25) is 14.5 Å². The molecule has 4 heteroatoms. The molecule has 1 saturated heterocycles. The maximum atomic E-state index is 12.5. The lowest BCUT2D eigenvalue weighted by Crippen LogP contribution is -2.34. The third kappa shape index (κ3) is 3.26. The summed E-state index contributed by atoms with van der Waals surface area (Å²) in [7, 11) is 0. The average molecular weight is 308 g/mol. The van der Waals surface area contributed by atoms with Crippen LogP contribution < -0.4 is 5.32 Å². The fourth-order valence-electron chi connectivity index (χ4n) is 2.89. The van der Waals surface area contributed by atoms with Crippen LogP contribution in [0, 0.1) is 13.8 Å². The Hall–Kier alpha value is -2.62. The minimum atomic E-state index is -0.479. The fraction of sp³-hybridized carbons (Fsp3) is 0.263. The molecule has 2 aromatic carbocycles. The average Bonchev–Trinajstić information content (AvgIpc) is 2.79. The molecule has 1 N–H and O–H groups in total. The second kappa shape index (κ2) is 6.24. The number of likely N-dealkylation sites (tertiary alicyclic amines) is 1. The Balaban J connectivity index is 1.73. The number of amides is 2. The minimum absolute atomic E-state index is 0.124. The van der Waals surface area contributed by atoms with Crippen molar-refractivity contribution in [1.82, 2.24) is 4.90 Å². The van der Waals surface area contributed by atoms with Gasteiger partial charge in [0.2, 0.25) is 5.91 Å². The number of carbonyl (C=O) groups excluding carboxylic acids is 2. The molecule has 3 rings (SSSR count). The number of carbonyl (C=O) groups is 2. The Labute approximate surface area is 136 Å². The number of hydrogen-bond acceptors (Lipinski definition) is 3. The van der Waals surface area contributed by atoms with Crippen molar-refractivity contribution in [3.8, 4) is 0 Å². The largest absolute Gasteiger partial charge is 0.373 e. The first-order valence-corrected chi connectivity index (χ1v) is 7.76. The van der Waals surface area contributed by atoms with Crippen molar-refractivity contribution in [3.05, 3.63) is 65.2 Å². The standard InChI is InChI=1S/C19H20N2O2/c1-13-8-9-16(14(2)10-13)20-17-11-18(22)21(19(17)23)12-15-6-4-3-5-7-15/h3-10,17,20H,11-12H2,1-2H3/t17-/m1/s1. The molecule has 1 aliphatic rings. The number of imide groups is 1. The number of nitrogens with zero attached hydrogens (tertiary/aromatic N) is 1. The molecule has 23 heavy (non-hydrogen) atoms. The molecule has 0 aromatic heterocycles. The van der Waals surface area contributed by atoms with E-state index >= 15 is 0 Å². The first kappa shape index (κ1) is 15.3. The summed E-state index contributed by atoms with van der Waals surface area (Å²) in [6.45, 7) is 4.37. The Bertz CT molecular complexity index is 740. The van der Waals surface area contributed by atoms with E-state index in [1.807, 2.05) is 56.3 Å². The van der Waals surface area contributed by atoms with Crippen LogP contribution in [-0.4, -0.2) is 22.8 Å². The Morgan fingerprint density at radius 1 is 1.09 bits per heavy atom. The summed E-state index contributed by atoms with van der Waals surface area (Å²) in [5.41, 5.74) is 4.11. The van der Waals surface area contributed by atoms with Gasteiger partial charge in [-0.1, -0.05) is 48.0 Å². The van der Waals surface area contributed by atoms with E-state index in [2.05, 4.69) is 11.4 Å². The van der Waals surface area contributed by atoms with Crippen molar-refractivity contribution < 1.29 is 9.59 Å². The second-order valence-corrected chi connectivity index (χ2v) is 6.02. The SMILES string of the molecule is Cc1ccc(N[C@@H]2CC(=O)N(Cc3ccccc3)C2=O)c(C)c1. The number of nitrogens with one attached hydrogen (secondary N) is 1. The first-order chi connectivity index (χ1) is 11.0. The van der Waals surface area contributed by atoms with Crippen molar-refractivity contribution in [2.45, 2.75) is 32.9 Å². The molecule has 1 fully saturated rings. The number of anilines is 1. The molecule has 1 aliphatic heterocycles. The number of benzene rings is 2. The number of hydrogen-bond donors (Lipinski definition) is 1. The van der Waals surface area contributed by atoms with E-state index in [-0.39, 0.29) is 18.2 Å². The molecule has 2 amide bonds. The highest BCUT2D eigenvalue weighted by molar-refractivity contribution is 6.06. The molecule has 4 nitrogen and oxygen atoms in total. The van der Waals surface area contributed by atoms with Crippen molar-refractivity contribution in [2.75, 3.05) is 5.32 Å². The van der Waals surface area contributed by atoms with Crippen LogP contribution in [0.3, 0.4) is 0 Å². The van der Waals surface area contributed by atoms with Crippen molar-refractivity contribution >= 4 is 17.5 Å². The Morgan fingerprint density at radius 2 is 1.83 bits per heavy atom. The summed E-state index contributed by atoms with van der Waals surface area (Å²) in [6, 6.07) is 15.1. The van der Waals surface area contributed by atoms with E-state index in [0.29, 0.717) is 6.54 Å². The van der Waals surface area contributed by atoms with Gasteiger partial charge in [-0.05, 0) is 31.0 Å². The molecule has 0 unspecified atom stereocenters. The molecule has 0 spiro atoms. The van der Waals surface area contributed by atoms with Gasteiger partial charge < -0.3 is 5.32 Å². The smallest absolute Gasteiger partial charge is 0.252 e. The van der Waals surface area contributed by atoms with E-state index in [4.69, 9.17) is 0 Å². The van der Waals surface area contributed by atoms with Gasteiger partial charge in [0.1, 0.15) is 6.04 Å². The molecule has 0 saturated carbocycles. The van der Waals surface area contributed by atoms with Crippen LogP contribution in [0.2, 0.25) is 0 Å². The second-order valence-electron chi connectivity index (χ2n) is 6.02. The molecule has 2 aromatic rings. The van der Waals surface area contributed by atoms with Crippen LogP contribution in [0.5, 0.6) is 0 Å². The van der Waals surface area contributed by atoms with Crippen LogP contribution in [0.1, 0.15) is 23.1 Å². The lowest BCUT2D eigenvalue weighted by molar-refractivity contribution is -0.139. The van der Waals surface area contributed by atoms with Gasteiger partial charge in [-0.2, -0.15) is 0 Å². The lowest BCUT2D eigenvalue weighted by Gasteiger charge is -2.17. The van der Waals surface area contributed by atoms with Crippen LogP contribution >= 0.6 is 0 Å². The van der Waals surface area contributed by atoms with Gasteiger partial charge in [0.15, 0.2) is 0 Å². The van der Waals surface area contributed by atoms with Gasteiger partial charge in [-0.15, -0.1) is 0 Å². The van der Waals surface area contributed by atoms with Crippen molar-refractivity contribution in [3.63, 3.8) is 0 Å². The summed E-state index contributed by atoms with van der Waals surface area (Å²) >= 11 is 0. The van der Waals surface area contributed by atoms with Crippen LogP contribution in [0.15, 0.2) is 48.5 Å². The first-order valence-electron chi connectivity index (χ1n) is 7.76. The predicted molar refractivity (Wildman–Crippen MR) is 89.9 cm³/mol. The highest BCUT2D eigenvalue weighted by Crippen LogP contribution is 2.23. The van der Waals surface area contributed by atoms with Crippen molar-refractivity contribution in [1.29, 1.82) is 0 Å². The summed E-state index contributed by atoms with van der Waals surface area (Å²) in [6.07, 6.45) is 0.207. The molecule has 0 radical (unpaired) electrons. The summed E-state index contributed by atoms with van der Waals surface area (Å²) < 4.78 is 0. The highest BCUT2D eigenvalue weighted by Gasteiger charge is 2.38. The summed E-state index contributed by atoms with van der Waals surface area (Å²) in [5, 5.41) is 3.22. The molecular formula is C19H20N2O2. The zero-order valence-corrected chi connectivity index (χ0v) is 13.4. The lowest BCUT2D eigenvalue weighted by atomic mass is 10.1. The van der Waals surface area contributed by atoms with Gasteiger partial charge in [0, 0.05) is 5.69 Å². The van der Waals surface area contributed by atoms with Gasteiger partial charge >= 0.3 is 0 Å². The molecule has 0 aliphatic carbocycles. The van der Waals surface area contributed by atoms with Crippen molar-refractivity contribution in [2.24, 2.45) is 0 Å². The summed E-state index contributed by atoms with van der Waals surface area (Å²) in [4.78, 5) is 26.1. The Morgan fingerprint density at radius 3 is 2.52 bits per heavy atom. The maximum absolute atomic E-state index is 12.5. The van der Waals surface area contributed by atoms with Gasteiger partial charge in [0.05, 0.1) is 13.0 Å². The van der Waals surface area contributed by atoms with E-state index in [0.717, 1.165) is 16.8 Å². The maximum Gasteiger partial charge on any atom is 0.252 e. The van der Waals surface area contributed by atoms with E-state index < -0.39 is 6.04 Å². The topological polar surface area (TPSA) is 49.4 Å². The number of rotatable bonds is 4. The quantitative estimate of drug-likeness (QED) is 0.883. The molecular weight excluding hydrogens is 288 g/mol. The minimum Gasteiger partial charge on any atom is -0.373 e. The third-order valence-electron chi connectivity index (χ3n) is 4.14. The van der Waals surface area contributed by atoms with E-state index in [1.165, 1.54) is 10.5 Å². The van der Waals surface area contributed by atoms with Crippen LogP contribution in [0.25, 0.3) is 0 Å². The van der Waals surface area contributed by atoms with Gasteiger partial charge in [0.25, 0.3) is 5.91 Å². The normalized spacial score (nSPS) is 17.7. The molecule has 1 heterocycles. The molecule has 1 atom stereocenters. The van der Waals surface area contributed by atoms with Crippen LogP contribution in [0.4, 0.5) is 5.69 Å². The van der Waals surface area contributed by atoms with E-state index in [9.17, 15) is 9.59 Å². The summed E-state index contributed by atoms with van der Waals surface area (Å²) in [5.74, 6) is -0.278. The molecule has 0 bridgehead atoms. The van der Waals surface area contributed by atoms with E-state index in [1.54, 1.807) is 0 Å². The highest BCUT2D eigenvalue weighted by atomic mass is 16.2. The number of aryl methyl sites for hydroxylation is 2. The zero-order valence-electron chi connectivity index (χ0n) is 13.4. The predicted octanol–water partition coefficient (Wildman–Crippen LogP) is 3.04.